The first-order valence-electron chi connectivity index (χ1n) is 8.34. The summed E-state index contributed by atoms with van der Waals surface area (Å²) in [5.74, 6) is -2.13. The maximum atomic E-state index is 12.3. The molecule has 0 saturated carbocycles. The molecule has 1 aliphatic carbocycles. The van der Waals surface area contributed by atoms with Crippen molar-refractivity contribution in [2.24, 2.45) is 11.8 Å². The quantitative estimate of drug-likeness (QED) is 0.331. The minimum Gasteiger partial charge on any atom is -0.497 e. The number of ketones is 1. The molecule has 0 radical (unpaired) electrons. The van der Waals surface area contributed by atoms with E-state index in [1.54, 1.807) is 24.3 Å². The second-order valence-electron chi connectivity index (χ2n) is 6.23. The van der Waals surface area contributed by atoms with Crippen LogP contribution in [0.25, 0.3) is 0 Å². The predicted octanol–water partition coefficient (Wildman–Crippen LogP) is 1.37. The van der Waals surface area contributed by atoms with Crippen LogP contribution in [0.5, 0.6) is 5.75 Å². The predicted molar refractivity (Wildman–Crippen MR) is 90.4 cm³/mol. The minimum atomic E-state index is -0.783. The van der Waals surface area contributed by atoms with Gasteiger partial charge in [0.15, 0.2) is 12.4 Å². The standard InChI is InChI=1S/C19H19NO6/c1-25-13-6-4-5-12(9-13)16(21)11-26-17(22)10-20-18(23)14-7-2-3-8-15(14)19(20)24/h2-6,9,14-15H,7-8,10-11H2,1H3/t14-,15-/m0/s1. The van der Waals surface area contributed by atoms with E-state index < -0.39 is 36.7 Å². The molecule has 0 aromatic heterocycles. The number of Topliss-reactive ketones (excluding diaryl/α,β-unsaturated/α-hetero) is 1. The Labute approximate surface area is 150 Å². The number of carbonyl (C=O) groups excluding carboxylic acids is 4. The summed E-state index contributed by atoms with van der Waals surface area (Å²) in [6.07, 6.45) is 4.77. The average molecular weight is 357 g/mol. The van der Waals surface area contributed by atoms with E-state index in [1.165, 1.54) is 7.11 Å². The summed E-state index contributed by atoms with van der Waals surface area (Å²) in [6.45, 7) is -0.924. The molecule has 1 aromatic carbocycles. The van der Waals surface area contributed by atoms with Crippen molar-refractivity contribution in [1.82, 2.24) is 4.90 Å². The van der Waals surface area contributed by atoms with Gasteiger partial charge in [-0.25, -0.2) is 0 Å². The molecule has 136 valence electrons. The first kappa shape index (κ1) is 17.8. The average Bonchev–Trinajstić information content (AvgIpc) is 2.91. The number of allylic oxidation sites excluding steroid dienone is 2. The Morgan fingerprint density at radius 1 is 1.12 bits per heavy atom. The van der Waals surface area contributed by atoms with E-state index in [1.807, 2.05) is 12.2 Å². The smallest absolute Gasteiger partial charge is 0.326 e. The van der Waals surface area contributed by atoms with Crippen LogP contribution in [0.15, 0.2) is 36.4 Å². The summed E-state index contributed by atoms with van der Waals surface area (Å²) < 4.78 is 10.00. The van der Waals surface area contributed by atoms with Gasteiger partial charge in [0.1, 0.15) is 12.3 Å². The van der Waals surface area contributed by atoms with Crippen LogP contribution < -0.4 is 4.74 Å². The number of hydrogen-bond acceptors (Lipinski definition) is 6. The zero-order valence-electron chi connectivity index (χ0n) is 14.3. The normalized spacial score (nSPS) is 21.5. The van der Waals surface area contributed by atoms with Crippen molar-refractivity contribution in [2.45, 2.75) is 12.8 Å². The fraction of sp³-hybridized carbons (Fsp3) is 0.368. The number of benzene rings is 1. The number of rotatable bonds is 6. The lowest BCUT2D eigenvalue weighted by Gasteiger charge is -2.14. The Kier molecular flexibility index (Phi) is 5.16. The van der Waals surface area contributed by atoms with Crippen LogP contribution in [0, 0.1) is 11.8 Å². The highest BCUT2D eigenvalue weighted by atomic mass is 16.5. The number of imide groups is 1. The molecular formula is C19H19NO6. The number of ether oxygens (including phenoxy) is 2. The monoisotopic (exact) mass is 357 g/mol. The lowest BCUT2D eigenvalue weighted by molar-refractivity contribution is -0.152. The van der Waals surface area contributed by atoms with Crippen molar-refractivity contribution in [3.8, 4) is 5.75 Å². The van der Waals surface area contributed by atoms with E-state index in [0.717, 1.165) is 4.90 Å². The molecule has 2 atom stereocenters. The Bertz CT molecular complexity index is 758. The van der Waals surface area contributed by atoms with Crippen molar-refractivity contribution >= 4 is 23.6 Å². The maximum absolute atomic E-state index is 12.3. The summed E-state index contributed by atoms with van der Waals surface area (Å²) in [4.78, 5) is 49.6. The van der Waals surface area contributed by atoms with E-state index in [-0.39, 0.29) is 11.8 Å². The van der Waals surface area contributed by atoms with Crippen molar-refractivity contribution in [1.29, 1.82) is 0 Å². The van der Waals surface area contributed by atoms with Crippen LogP contribution in [-0.4, -0.2) is 48.7 Å². The summed E-state index contributed by atoms with van der Waals surface area (Å²) in [5.41, 5.74) is 0.350. The second-order valence-corrected chi connectivity index (χ2v) is 6.23. The number of esters is 1. The first-order chi connectivity index (χ1) is 12.5. The van der Waals surface area contributed by atoms with E-state index in [4.69, 9.17) is 9.47 Å². The summed E-state index contributed by atoms with van der Waals surface area (Å²) in [7, 11) is 1.49. The molecular weight excluding hydrogens is 338 g/mol. The third-order valence-electron chi connectivity index (χ3n) is 4.64. The van der Waals surface area contributed by atoms with Crippen LogP contribution in [0.4, 0.5) is 0 Å². The highest BCUT2D eigenvalue weighted by Crippen LogP contribution is 2.34. The van der Waals surface area contributed by atoms with Gasteiger partial charge in [0, 0.05) is 5.56 Å². The van der Waals surface area contributed by atoms with Gasteiger partial charge in [-0.3, -0.25) is 24.1 Å². The molecule has 7 heteroatoms. The highest BCUT2D eigenvalue weighted by molar-refractivity contribution is 6.07. The molecule has 2 amide bonds. The molecule has 1 aromatic rings. The van der Waals surface area contributed by atoms with Gasteiger partial charge >= 0.3 is 5.97 Å². The van der Waals surface area contributed by atoms with Crippen molar-refractivity contribution in [2.75, 3.05) is 20.3 Å². The molecule has 1 heterocycles. The van der Waals surface area contributed by atoms with Gasteiger partial charge in [0.25, 0.3) is 0 Å². The van der Waals surface area contributed by atoms with Gasteiger partial charge in [-0.15, -0.1) is 0 Å². The lowest BCUT2D eigenvalue weighted by atomic mass is 9.85. The van der Waals surface area contributed by atoms with Gasteiger partial charge in [-0.05, 0) is 25.0 Å². The zero-order valence-corrected chi connectivity index (χ0v) is 14.3. The van der Waals surface area contributed by atoms with Crippen LogP contribution >= 0.6 is 0 Å². The summed E-state index contributed by atoms with van der Waals surface area (Å²) in [6, 6.07) is 6.48. The zero-order chi connectivity index (χ0) is 18.7. The second kappa shape index (κ2) is 7.51. The van der Waals surface area contributed by atoms with Crippen LogP contribution in [0.1, 0.15) is 23.2 Å². The van der Waals surface area contributed by atoms with E-state index in [0.29, 0.717) is 24.2 Å². The molecule has 1 saturated heterocycles. The third-order valence-corrected chi connectivity index (χ3v) is 4.64. The van der Waals surface area contributed by atoms with Gasteiger partial charge < -0.3 is 9.47 Å². The van der Waals surface area contributed by atoms with Gasteiger partial charge in [0.2, 0.25) is 11.8 Å². The van der Waals surface area contributed by atoms with E-state index in [2.05, 4.69) is 0 Å². The van der Waals surface area contributed by atoms with E-state index in [9.17, 15) is 19.2 Å². The number of nitrogens with zero attached hydrogens (tertiary/aromatic N) is 1. The number of carbonyl (C=O) groups is 4. The number of methoxy groups -OCH3 is 1. The van der Waals surface area contributed by atoms with Gasteiger partial charge in [-0.1, -0.05) is 24.3 Å². The van der Waals surface area contributed by atoms with Gasteiger partial charge in [0.05, 0.1) is 18.9 Å². The van der Waals surface area contributed by atoms with E-state index >= 15 is 0 Å². The molecule has 0 bridgehead atoms. The van der Waals surface area contributed by atoms with Crippen LogP contribution in [0.2, 0.25) is 0 Å². The molecule has 0 unspecified atom stereocenters. The number of hydrogen-bond donors (Lipinski definition) is 0. The Hall–Kier alpha value is -2.96. The van der Waals surface area contributed by atoms with Gasteiger partial charge in [-0.2, -0.15) is 0 Å². The summed E-state index contributed by atoms with van der Waals surface area (Å²) >= 11 is 0. The molecule has 26 heavy (non-hydrogen) atoms. The topological polar surface area (TPSA) is 90.0 Å². The maximum Gasteiger partial charge on any atom is 0.326 e. The minimum absolute atomic E-state index is 0.347. The molecule has 0 N–H and O–H groups in total. The van der Waals surface area contributed by atoms with Crippen LogP contribution in [0.3, 0.4) is 0 Å². The van der Waals surface area contributed by atoms with Crippen molar-refractivity contribution in [3.63, 3.8) is 0 Å². The molecule has 7 nitrogen and oxygen atoms in total. The first-order valence-corrected chi connectivity index (χ1v) is 8.34. The van der Waals surface area contributed by atoms with Crippen LogP contribution in [-0.2, 0) is 19.1 Å². The molecule has 1 aliphatic heterocycles. The fourth-order valence-electron chi connectivity index (χ4n) is 3.23. The fourth-order valence-corrected chi connectivity index (χ4v) is 3.23. The number of amides is 2. The summed E-state index contributed by atoms with van der Waals surface area (Å²) in [5, 5.41) is 0. The largest absolute Gasteiger partial charge is 0.497 e. The SMILES string of the molecule is COc1cccc(C(=O)COC(=O)CN2C(=O)[C@H]3CC=CC[C@@H]3C2=O)c1. The highest BCUT2D eigenvalue weighted by Gasteiger charge is 2.47. The third kappa shape index (κ3) is 3.51. The Balaban J connectivity index is 1.55. The van der Waals surface area contributed by atoms with Crippen molar-refractivity contribution < 1.29 is 28.7 Å². The number of likely N-dealkylation sites (tertiary alicyclic amines) is 1. The number of fused-ring (bicyclic) bond motifs is 1. The molecule has 1 fully saturated rings. The lowest BCUT2D eigenvalue weighted by Crippen LogP contribution is -2.37. The molecule has 2 aliphatic rings. The Morgan fingerprint density at radius 2 is 1.77 bits per heavy atom. The molecule has 3 rings (SSSR count). The molecule has 0 spiro atoms. The van der Waals surface area contributed by atoms with Crippen molar-refractivity contribution in [3.05, 3.63) is 42.0 Å². The Morgan fingerprint density at radius 3 is 2.38 bits per heavy atom.